The van der Waals surface area contributed by atoms with E-state index in [9.17, 15) is 34.1 Å². The van der Waals surface area contributed by atoms with Crippen LogP contribution in [0.3, 0.4) is 0 Å². The summed E-state index contributed by atoms with van der Waals surface area (Å²) in [6.45, 7) is 8.26. The fourth-order valence-corrected chi connectivity index (χ4v) is 8.58. The van der Waals surface area contributed by atoms with E-state index in [2.05, 4.69) is 27.7 Å². The van der Waals surface area contributed by atoms with Gasteiger partial charge in [0.05, 0.1) is 40.0 Å². The van der Waals surface area contributed by atoms with E-state index < -0.39 is 44.7 Å². The van der Waals surface area contributed by atoms with Gasteiger partial charge in [0.2, 0.25) is 0 Å². The second-order valence-corrected chi connectivity index (χ2v) is 20.0. The molecule has 1 heterocycles. The Bertz CT molecular complexity index is 1500. The molecule has 1 aliphatic rings. The number of ketones is 1. The van der Waals surface area contributed by atoms with E-state index >= 15 is 0 Å². The maximum Gasteiger partial charge on any atom is 0.472 e. The molecule has 3 N–H and O–H groups in total. The Morgan fingerprint density at radius 1 is 0.806 bits per heavy atom. The second-order valence-electron chi connectivity index (χ2n) is 18.5. The highest BCUT2D eigenvalue weighted by Crippen LogP contribution is 2.43. The van der Waals surface area contributed by atoms with E-state index in [0.717, 1.165) is 114 Å². The lowest BCUT2D eigenvalue weighted by Gasteiger charge is -2.24. The zero-order chi connectivity index (χ0) is 46.0. The topological polar surface area (TPSA) is 179 Å². The molecular weight excluding hydrogens is 813 g/mol. The minimum absolute atomic E-state index is 0.0130. The van der Waals surface area contributed by atoms with Crippen LogP contribution in [0, 0.1) is 25.7 Å². The molecule has 1 aromatic heterocycles. The van der Waals surface area contributed by atoms with Crippen molar-refractivity contribution < 1.29 is 61.5 Å². The van der Waals surface area contributed by atoms with Crippen LogP contribution in [0.25, 0.3) is 0 Å². The number of carbonyl (C=O) groups is 3. The lowest BCUT2D eigenvalue weighted by Crippen LogP contribution is -2.37. The molecule has 1 aliphatic carbocycles. The summed E-state index contributed by atoms with van der Waals surface area (Å²) in [6, 6.07) is 0. The first-order chi connectivity index (χ1) is 29.5. The van der Waals surface area contributed by atoms with Crippen LogP contribution in [0.5, 0.6) is 0 Å². The van der Waals surface area contributed by atoms with Gasteiger partial charge in [-0.25, -0.2) is 4.57 Å². The van der Waals surface area contributed by atoms with Gasteiger partial charge in [0.25, 0.3) is 0 Å². The number of aryl methyl sites for hydroxylation is 2. The summed E-state index contributed by atoms with van der Waals surface area (Å²) in [4.78, 5) is 48.4. The SMILES string of the molecule is CCCCC[C@H](O)/C=C/[C@H]1[C@H](O)CC(=O)[C@@H]1CCCCCCC(=O)OC[C@H](COP(=O)(O)OCC[N+](C)(C)C)OC(=O)CCCCCCCCCCc1oc(CCC)c(C)c1C. The quantitative estimate of drug-likeness (QED) is 0.0191. The molecule has 13 nitrogen and oxygen atoms in total. The number of ether oxygens (including phenoxy) is 2. The van der Waals surface area contributed by atoms with E-state index in [1.165, 1.54) is 11.1 Å². The number of aliphatic hydroxyl groups is 2. The van der Waals surface area contributed by atoms with E-state index in [1.807, 2.05) is 27.2 Å². The summed E-state index contributed by atoms with van der Waals surface area (Å²) in [5.41, 5.74) is 2.60. The van der Waals surface area contributed by atoms with Crippen LogP contribution in [0.2, 0.25) is 0 Å². The van der Waals surface area contributed by atoms with Crippen molar-refractivity contribution in [3.8, 4) is 0 Å². The average molecular weight is 899 g/mol. The van der Waals surface area contributed by atoms with E-state index in [0.29, 0.717) is 36.7 Å². The molecule has 0 bridgehead atoms. The highest BCUT2D eigenvalue weighted by atomic mass is 31.2. The fourth-order valence-electron chi connectivity index (χ4n) is 7.84. The Balaban J connectivity index is 1.72. The first kappa shape index (κ1) is 55.8. The molecule has 0 aromatic carbocycles. The van der Waals surface area contributed by atoms with Crippen molar-refractivity contribution in [2.75, 3.05) is 47.5 Å². The lowest BCUT2D eigenvalue weighted by molar-refractivity contribution is -0.870. The molecule has 0 aliphatic heterocycles. The summed E-state index contributed by atoms with van der Waals surface area (Å²) in [6.07, 6.45) is 20.1. The lowest BCUT2D eigenvalue weighted by atomic mass is 9.88. The predicted molar refractivity (Wildman–Crippen MR) is 243 cm³/mol. The largest absolute Gasteiger partial charge is 0.472 e. The third-order valence-electron chi connectivity index (χ3n) is 11.9. The Hall–Kier alpha value is -2.38. The molecule has 0 spiro atoms. The van der Waals surface area contributed by atoms with Crippen molar-refractivity contribution >= 4 is 25.5 Å². The molecular formula is C48H85NO12P+. The van der Waals surface area contributed by atoms with E-state index in [1.54, 1.807) is 6.08 Å². The number of hydrogen-bond acceptors (Lipinski definition) is 11. The number of hydrogen-bond donors (Lipinski definition) is 3. The van der Waals surface area contributed by atoms with Crippen LogP contribution in [0.15, 0.2) is 16.6 Å². The molecule has 2 rings (SSSR count). The van der Waals surface area contributed by atoms with Gasteiger partial charge >= 0.3 is 19.8 Å². The minimum Gasteiger partial charge on any atom is -0.466 e. The number of carbonyl (C=O) groups excluding carboxylic acids is 3. The summed E-state index contributed by atoms with van der Waals surface area (Å²) in [5.74, 6) is 0.763. The van der Waals surface area contributed by atoms with Crippen molar-refractivity contribution in [2.45, 2.75) is 194 Å². The number of phosphoric ester groups is 1. The van der Waals surface area contributed by atoms with Gasteiger partial charge in [-0.3, -0.25) is 23.4 Å². The normalized spacial score (nSPS) is 18.9. The molecule has 62 heavy (non-hydrogen) atoms. The number of likely N-dealkylation sites (N-methyl/N-ethyl adjacent to an activating group) is 1. The first-order valence-electron chi connectivity index (χ1n) is 23.9. The van der Waals surface area contributed by atoms with Gasteiger partial charge in [-0.05, 0) is 63.5 Å². The second kappa shape index (κ2) is 30.7. The third kappa shape index (κ3) is 24.1. The van der Waals surface area contributed by atoms with Gasteiger partial charge in [0.15, 0.2) is 6.10 Å². The van der Waals surface area contributed by atoms with Gasteiger partial charge in [0.1, 0.15) is 37.1 Å². The number of esters is 2. The van der Waals surface area contributed by atoms with Crippen molar-refractivity contribution in [3.63, 3.8) is 0 Å². The summed E-state index contributed by atoms with van der Waals surface area (Å²) >= 11 is 0. The maximum absolute atomic E-state index is 12.8. The highest BCUT2D eigenvalue weighted by Gasteiger charge is 2.39. The first-order valence-corrected chi connectivity index (χ1v) is 25.4. The van der Waals surface area contributed by atoms with Crippen LogP contribution >= 0.6 is 7.82 Å². The van der Waals surface area contributed by atoms with Gasteiger partial charge in [-0.15, -0.1) is 0 Å². The molecule has 1 aromatic rings. The molecule has 358 valence electrons. The number of furan rings is 1. The molecule has 14 heteroatoms. The highest BCUT2D eigenvalue weighted by molar-refractivity contribution is 7.47. The fraction of sp³-hybridized carbons (Fsp3) is 0.812. The Morgan fingerprint density at radius 2 is 1.40 bits per heavy atom. The number of aliphatic hydroxyl groups excluding tert-OH is 2. The van der Waals surface area contributed by atoms with Crippen LogP contribution in [0.1, 0.15) is 171 Å². The zero-order valence-electron chi connectivity index (χ0n) is 39.5. The standard InChI is InChI=1S/C48H84NO12P/c1-8-10-19-25-39(50)30-31-42-41(43(51)34-44(42)52)26-20-17-18-22-28-47(53)57-35-40(36-59-62(55,56)58-33-32-49(5,6)7)60-48(54)29-23-16-14-12-11-13-15-21-27-46-38(4)37(3)45(61-46)24-9-2/h30-31,39-42,44,50,52H,8-29,32-36H2,1-7H3/p+1/b31-30+/t39-,40+,41+,42+,44+/m0/s1. The summed E-state index contributed by atoms with van der Waals surface area (Å²) in [5, 5.41) is 20.8. The molecule has 0 radical (unpaired) electrons. The number of Topliss-reactive ketones (excluding diaryl/α,β-unsaturated/α-hetero) is 1. The monoisotopic (exact) mass is 899 g/mol. The average Bonchev–Trinajstić information content (AvgIpc) is 3.63. The van der Waals surface area contributed by atoms with Gasteiger partial charge in [0, 0.05) is 43.9 Å². The number of unbranched alkanes of at least 4 members (excludes halogenated alkanes) is 12. The minimum atomic E-state index is -4.45. The van der Waals surface area contributed by atoms with E-state index in [4.69, 9.17) is 22.9 Å². The molecule has 0 amide bonds. The van der Waals surface area contributed by atoms with Crippen molar-refractivity contribution in [2.24, 2.45) is 11.8 Å². The Morgan fingerprint density at radius 3 is 2.03 bits per heavy atom. The Kier molecular flexibility index (Phi) is 27.6. The van der Waals surface area contributed by atoms with Crippen LogP contribution in [-0.2, 0) is 50.3 Å². The molecule has 0 saturated heterocycles. The van der Waals surface area contributed by atoms with Crippen LogP contribution in [-0.4, -0.2) is 103 Å². The smallest absolute Gasteiger partial charge is 0.466 e. The molecule has 1 saturated carbocycles. The van der Waals surface area contributed by atoms with Gasteiger partial charge in [-0.1, -0.05) is 103 Å². The summed E-state index contributed by atoms with van der Waals surface area (Å²) < 4.78 is 40.5. The Labute approximate surface area is 373 Å². The number of nitrogens with zero attached hydrogens (tertiary/aromatic N) is 1. The predicted octanol–water partition coefficient (Wildman–Crippen LogP) is 9.60. The van der Waals surface area contributed by atoms with Crippen molar-refractivity contribution in [1.29, 1.82) is 0 Å². The molecule has 1 unspecified atom stereocenters. The van der Waals surface area contributed by atoms with Gasteiger partial charge < -0.3 is 33.5 Å². The molecule has 1 fully saturated rings. The number of phosphoric acid groups is 1. The molecule has 6 atom stereocenters. The van der Waals surface area contributed by atoms with E-state index in [-0.39, 0.29) is 50.1 Å². The summed E-state index contributed by atoms with van der Waals surface area (Å²) in [7, 11) is 1.32. The van der Waals surface area contributed by atoms with Crippen LogP contribution in [0.4, 0.5) is 0 Å². The number of quaternary nitrogens is 1. The zero-order valence-corrected chi connectivity index (χ0v) is 40.4. The van der Waals surface area contributed by atoms with Crippen molar-refractivity contribution in [1.82, 2.24) is 0 Å². The maximum atomic E-state index is 12.8. The van der Waals surface area contributed by atoms with Gasteiger partial charge in [-0.2, -0.15) is 0 Å². The number of rotatable bonds is 36. The third-order valence-corrected chi connectivity index (χ3v) is 12.8. The van der Waals surface area contributed by atoms with Crippen molar-refractivity contribution in [3.05, 3.63) is 34.8 Å². The van der Waals surface area contributed by atoms with Crippen LogP contribution < -0.4 is 0 Å².